The second-order valence-corrected chi connectivity index (χ2v) is 4.08. The highest BCUT2D eigenvalue weighted by atomic mass is 79.9. The number of ketones is 1. The van der Waals surface area contributed by atoms with Crippen molar-refractivity contribution in [2.24, 2.45) is 0 Å². The molecule has 1 unspecified atom stereocenters. The molecule has 1 aliphatic heterocycles. The van der Waals surface area contributed by atoms with E-state index in [0.717, 1.165) is 10.2 Å². The van der Waals surface area contributed by atoms with Crippen molar-refractivity contribution in [1.29, 1.82) is 0 Å². The molecular formula is C9H9BrFNO. The average Bonchev–Trinajstić information content (AvgIpc) is 2.35. The molecule has 0 saturated heterocycles. The third-order valence-corrected chi connectivity index (χ3v) is 3.02. The average molecular weight is 246 g/mol. The van der Waals surface area contributed by atoms with Crippen LogP contribution < -0.4 is 0 Å². The van der Waals surface area contributed by atoms with Crippen LogP contribution in [0.25, 0.3) is 0 Å². The minimum absolute atomic E-state index is 0.290. The Morgan fingerprint density at radius 1 is 1.69 bits per heavy atom. The second-order valence-electron chi connectivity index (χ2n) is 3.27. The molecule has 70 valence electrons. The number of hydrogen-bond donors (Lipinski definition) is 0. The highest BCUT2D eigenvalue weighted by molar-refractivity contribution is 9.10. The van der Waals surface area contributed by atoms with E-state index in [1.165, 1.54) is 0 Å². The molecule has 1 aromatic rings. The van der Waals surface area contributed by atoms with Crippen molar-refractivity contribution in [3.8, 4) is 0 Å². The molecule has 4 heteroatoms. The summed E-state index contributed by atoms with van der Waals surface area (Å²) in [7, 11) is 0. The second kappa shape index (κ2) is 2.94. The number of rotatable bonds is 0. The predicted octanol–water partition coefficient (Wildman–Crippen LogP) is 2.48. The number of halogens is 2. The fourth-order valence-corrected chi connectivity index (χ4v) is 2.41. The van der Waals surface area contributed by atoms with E-state index >= 15 is 0 Å². The van der Waals surface area contributed by atoms with Gasteiger partial charge in [0.05, 0.1) is 10.3 Å². The van der Waals surface area contributed by atoms with Crippen molar-refractivity contribution >= 4 is 21.7 Å². The summed E-state index contributed by atoms with van der Waals surface area (Å²) in [6.07, 6.45) is -1.02. The number of carbonyl (C=O) groups is 1. The first-order chi connectivity index (χ1) is 6.11. The van der Waals surface area contributed by atoms with Gasteiger partial charge in [0.2, 0.25) is 5.78 Å². The number of aromatic nitrogens is 1. The van der Waals surface area contributed by atoms with Gasteiger partial charge in [0, 0.05) is 13.0 Å². The molecule has 1 aromatic heterocycles. The molecule has 1 aliphatic rings. The van der Waals surface area contributed by atoms with E-state index in [4.69, 9.17) is 0 Å². The number of hydrogen-bond acceptors (Lipinski definition) is 1. The fourth-order valence-electron chi connectivity index (χ4n) is 1.71. The number of aryl methyl sites for hydroxylation is 1. The van der Waals surface area contributed by atoms with Crippen LogP contribution in [0.2, 0.25) is 0 Å². The zero-order chi connectivity index (χ0) is 9.59. The topological polar surface area (TPSA) is 22.0 Å². The standard InChI is InChI=1S/C9H9BrFNO/c1-5-4-7(10)12-3-2-6(11)9(13)8(5)12/h4,6H,2-3H2,1H3. The van der Waals surface area contributed by atoms with Crippen LogP contribution in [0.15, 0.2) is 10.7 Å². The molecule has 0 fully saturated rings. The first kappa shape index (κ1) is 8.94. The molecule has 0 N–H and O–H groups in total. The molecule has 0 aliphatic carbocycles. The molecule has 2 nitrogen and oxygen atoms in total. The Labute approximate surface area is 83.9 Å². The van der Waals surface area contributed by atoms with Gasteiger partial charge in [-0.25, -0.2) is 4.39 Å². The smallest absolute Gasteiger partial charge is 0.213 e. The van der Waals surface area contributed by atoms with Crippen LogP contribution >= 0.6 is 15.9 Å². The molecule has 0 saturated carbocycles. The van der Waals surface area contributed by atoms with Gasteiger partial charge < -0.3 is 4.57 Å². The highest BCUT2D eigenvalue weighted by Gasteiger charge is 2.29. The number of alkyl halides is 1. The lowest BCUT2D eigenvalue weighted by Gasteiger charge is -2.18. The van der Waals surface area contributed by atoms with E-state index < -0.39 is 6.17 Å². The summed E-state index contributed by atoms with van der Waals surface area (Å²) in [5, 5.41) is 0. The minimum atomic E-state index is -1.31. The molecule has 1 atom stereocenters. The third-order valence-electron chi connectivity index (χ3n) is 2.36. The summed E-state index contributed by atoms with van der Waals surface area (Å²) in [6, 6.07) is 1.85. The normalized spacial score (nSPS) is 21.8. The maximum atomic E-state index is 13.1. The van der Waals surface area contributed by atoms with Crippen LogP contribution in [0.3, 0.4) is 0 Å². The van der Waals surface area contributed by atoms with Crippen LogP contribution in [0.4, 0.5) is 4.39 Å². The van der Waals surface area contributed by atoms with Gasteiger partial charge in [-0.2, -0.15) is 0 Å². The maximum Gasteiger partial charge on any atom is 0.213 e. The van der Waals surface area contributed by atoms with Gasteiger partial charge in [-0.05, 0) is 34.5 Å². The Morgan fingerprint density at radius 3 is 3.08 bits per heavy atom. The number of nitrogens with zero attached hydrogens (tertiary/aromatic N) is 1. The van der Waals surface area contributed by atoms with Crippen molar-refractivity contribution in [3.05, 3.63) is 21.9 Å². The van der Waals surface area contributed by atoms with Crippen molar-refractivity contribution in [3.63, 3.8) is 0 Å². The van der Waals surface area contributed by atoms with Crippen molar-refractivity contribution in [2.75, 3.05) is 0 Å². The summed E-state index contributed by atoms with van der Waals surface area (Å²) >= 11 is 3.34. The van der Waals surface area contributed by atoms with Gasteiger partial charge in [0.1, 0.15) is 0 Å². The monoisotopic (exact) mass is 245 g/mol. The van der Waals surface area contributed by atoms with Gasteiger partial charge in [-0.3, -0.25) is 4.79 Å². The van der Waals surface area contributed by atoms with Crippen LogP contribution in [0.1, 0.15) is 22.5 Å². The van der Waals surface area contributed by atoms with Gasteiger partial charge in [-0.1, -0.05) is 0 Å². The van der Waals surface area contributed by atoms with Gasteiger partial charge in [-0.15, -0.1) is 0 Å². The highest BCUT2D eigenvalue weighted by Crippen LogP contribution is 2.27. The SMILES string of the molecule is Cc1cc(Br)n2c1C(=O)C(F)CC2. The Hall–Kier alpha value is -0.640. The van der Waals surface area contributed by atoms with Crippen molar-refractivity contribution in [2.45, 2.75) is 26.1 Å². The summed E-state index contributed by atoms with van der Waals surface area (Å²) in [6.45, 7) is 2.41. The minimum Gasteiger partial charge on any atom is -0.332 e. The predicted molar refractivity (Wildman–Crippen MR) is 50.7 cm³/mol. The van der Waals surface area contributed by atoms with E-state index in [9.17, 15) is 9.18 Å². The van der Waals surface area contributed by atoms with Gasteiger partial charge >= 0.3 is 0 Å². The van der Waals surface area contributed by atoms with E-state index in [-0.39, 0.29) is 5.78 Å². The molecule has 0 spiro atoms. The Bertz CT molecular complexity index is 372. The molecule has 2 rings (SSSR count). The van der Waals surface area contributed by atoms with E-state index in [2.05, 4.69) is 15.9 Å². The van der Waals surface area contributed by atoms with Crippen LogP contribution in [-0.2, 0) is 6.54 Å². The molecule has 0 radical (unpaired) electrons. The number of carbonyl (C=O) groups excluding carboxylic acids is 1. The maximum absolute atomic E-state index is 13.1. The molecule has 0 aromatic carbocycles. The summed E-state index contributed by atoms with van der Waals surface area (Å²) in [5.74, 6) is -0.380. The quantitative estimate of drug-likeness (QED) is 0.689. The molecule has 2 heterocycles. The first-order valence-corrected chi connectivity index (χ1v) is 4.94. The van der Waals surface area contributed by atoms with Crippen LogP contribution in [-0.4, -0.2) is 16.5 Å². The zero-order valence-electron chi connectivity index (χ0n) is 7.18. The van der Waals surface area contributed by atoms with E-state index in [1.54, 1.807) is 0 Å². The van der Waals surface area contributed by atoms with Crippen molar-refractivity contribution in [1.82, 2.24) is 4.57 Å². The van der Waals surface area contributed by atoms with E-state index in [0.29, 0.717) is 18.7 Å². The van der Waals surface area contributed by atoms with Gasteiger partial charge in [0.25, 0.3) is 0 Å². The first-order valence-electron chi connectivity index (χ1n) is 4.15. The van der Waals surface area contributed by atoms with Gasteiger partial charge in [0.15, 0.2) is 6.17 Å². The molecule has 0 amide bonds. The lowest BCUT2D eigenvalue weighted by molar-refractivity contribution is 0.0827. The number of fused-ring (bicyclic) bond motifs is 1. The number of Topliss-reactive ketones (excluding diaryl/α,β-unsaturated/α-hetero) is 1. The van der Waals surface area contributed by atoms with E-state index in [1.807, 2.05) is 17.6 Å². The largest absolute Gasteiger partial charge is 0.332 e. The molecular weight excluding hydrogens is 237 g/mol. The lowest BCUT2D eigenvalue weighted by Crippen LogP contribution is -2.28. The Balaban J connectivity index is 2.59. The van der Waals surface area contributed by atoms with Crippen LogP contribution in [0, 0.1) is 6.92 Å². The van der Waals surface area contributed by atoms with Crippen molar-refractivity contribution < 1.29 is 9.18 Å². The lowest BCUT2D eigenvalue weighted by atomic mass is 10.0. The summed E-state index contributed by atoms with van der Waals surface area (Å²) in [4.78, 5) is 11.4. The summed E-state index contributed by atoms with van der Waals surface area (Å²) < 4.78 is 15.8. The third kappa shape index (κ3) is 1.24. The van der Waals surface area contributed by atoms with Crippen LogP contribution in [0.5, 0.6) is 0 Å². The molecule has 0 bridgehead atoms. The Kier molecular flexibility index (Phi) is 2.02. The Morgan fingerprint density at radius 2 is 2.38 bits per heavy atom. The molecule has 13 heavy (non-hydrogen) atoms. The zero-order valence-corrected chi connectivity index (χ0v) is 8.77. The summed E-state index contributed by atoms with van der Waals surface area (Å²) in [5.41, 5.74) is 1.37. The fraction of sp³-hybridized carbons (Fsp3) is 0.444.